The van der Waals surface area contributed by atoms with Crippen LogP contribution in [0.25, 0.3) is 0 Å². The molecule has 0 heterocycles. The van der Waals surface area contributed by atoms with Crippen LogP contribution in [0.1, 0.15) is 20.8 Å². The van der Waals surface area contributed by atoms with Crippen molar-refractivity contribution in [3.05, 3.63) is 21.5 Å². The summed E-state index contributed by atoms with van der Waals surface area (Å²) in [6.45, 7) is 6.37. The first kappa shape index (κ1) is 11.8. The fourth-order valence-corrected chi connectivity index (χ4v) is 3.09. The van der Waals surface area contributed by atoms with Gasteiger partial charge in [-0.05, 0) is 38.2 Å². The Morgan fingerprint density at radius 3 is 2.54 bits per heavy atom. The molecule has 13 heavy (non-hydrogen) atoms. The summed E-state index contributed by atoms with van der Waals surface area (Å²) in [5.74, 6) is 1.29. The lowest BCUT2D eigenvalue weighted by molar-refractivity contribution is 0.338. The molecule has 1 aliphatic carbocycles. The van der Waals surface area contributed by atoms with Gasteiger partial charge in [0.25, 0.3) is 0 Å². The SMILES string of the molecule is CC1C=C(O)C(I)(C(C)C)C=C1I. The van der Waals surface area contributed by atoms with Crippen molar-refractivity contribution in [2.24, 2.45) is 11.8 Å². The van der Waals surface area contributed by atoms with Crippen LogP contribution in [0.5, 0.6) is 0 Å². The summed E-state index contributed by atoms with van der Waals surface area (Å²) < 4.78 is 1.12. The van der Waals surface area contributed by atoms with Gasteiger partial charge in [-0.1, -0.05) is 49.4 Å². The number of aliphatic hydroxyl groups excluding tert-OH is 1. The molecule has 0 spiro atoms. The number of hydrogen-bond acceptors (Lipinski definition) is 1. The molecule has 74 valence electrons. The predicted octanol–water partition coefficient (Wildman–Crippen LogP) is 4.23. The molecule has 2 atom stereocenters. The van der Waals surface area contributed by atoms with E-state index in [1.54, 1.807) is 0 Å². The summed E-state index contributed by atoms with van der Waals surface area (Å²) in [5.41, 5.74) is 0. The Labute approximate surface area is 107 Å². The third-order valence-corrected chi connectivity index (χ3v) is 5.83. The van der Waals surface area contributed by atoms with Gasteiger partial charge in [0.15, 0.2) is 0 Å². The summed E-state index contributed by atoms with van der Waals surface area (Å²) >= 11 is 4.68. The van der Waals surface area contributed by atoms with Crippen LogP contribution in [0.3, 0.4) is 0 Å². The quantitative estimate of drug-likeness (QED) is 0.513. The van der Waals surface area contributed by atoms with Gasteiger partial charge in [0.1, 0.15) is 5.76 Å². The van der Waals surface area contributed by atoms with Gasteiger partial charge in [-0.25, -0.2) is 0 Å². The first-order valence-electron chi connectivity index (χ1n) is 4.36. The highest BCUT2D eigenvalue weighted by atomic mass is 127. The summed E-state index contributed by atoms with van der Waals surface area (Å²) in [7, 11) is 0. The second-order valence-corrected chi connectivity index (χ2v) is 6.82. The molecule has 0 aromatic carbocycles. The maximum Gasteiger partial charge on any atom is 0.109 e. The topological polar surface area (TPSA) is 20.2 Å². The molecule has 1 aliphatic rings. The average Bonchev–Trinajstić information content (AvgIpc) is 2.01. The maximum atomic E-state index is 9.89. The van der Waals surface area contributed by atoms with E-state index in [0.29, 0.717) is 17.6 Å². The minimum atomic E-state index is -0.194. The number of rotatable bonds is 1. The number of halogens is 2. The van der Waals surface area contributed by atoms with E-state index in [4.69, 9.17) is 0 Å². The van der Waals surface area contributed by atoms with Crippen molar-refractivity contribution in [2.45, 2.75) is 24.2 Å². The third kappa shape index (κ3) is 2.22. The molecule has 2 unspecified atom stereocenters. The molecule has 0 aromatic rings. The van der Waals surface area contributed by atoms with Crippen LogP contribution < -0.4 is 0 Å². The fourth-order valence-electron chi connectivity index (χ4n) is 1.31. The lowest BCUT2D eigenvalue weighted by Crippen LogP contribution is -2.31. The van der Waals surface area contributed by atoms with Crippen LogP contribution in [0.2, 0.25) is 0 Å². The van der Waals surface area contributed by atoms with E-state index in [0.717, 1.165) is 0 Å². The van der Waals surface area contributed by atoms with Gasteiger partial charge >= 0.3 is 0 Å². The number of allylic oxidation sites excluding steroid dienone is 3. The number of aliphatic hydroxyl groups is 1. The highest BCUT2D eigenvalue weighted by Crippen LogP contribution is 2.43. The molecule has 0 amide bonds. The third-order valence-electron chi connectivity index (χ3n) is 2.42. The zero-order valence-electron chi connectivity index (χ0n) is 8.01. The number of alkyl halides is 1. The van der Waals surface area contributed by atoms with Crippen molar-refractivity contribution < 1.29 is 5.11 Å². The number of hydrogen-bond donors (Lipinski definition) is 1. The zero-order chi connectivity index (χ0) is 10.2. The molecular formula is C10H14I2O. The van der Waals surface area contributed by atoms with Crippen molar-refractivity contribution in [3.63, 3.8) is 0 Å². The molecule has 1 rings (SSSR count). The molecule has 0 aliphatic heterocycles. The van der Waals surface area contributed by atoms with E-state index in [2.05, 4.69) is 72.0 Å². The first-order chi connectivity index (χ1) is 5.88. The van der Waals surface area contributed by atoms with Crippen molar-refractivity contribution in [3.8, 4) is 0 Å². The van der Waals surface area contributed by atoms with Crippen LogP contribution >= 0.6 is 45.2 Å². The van der Waals surface area contributed by atoms with Crippen molar-refractivity contribution in [2.75, 3.05) is 0 Å². The van der Waals surface area contributed by atoms with E-state index < -0.39 is 0 Å². The summed E-state index contributed by atoms with van der Waals surface area (Å²) in [6.07, 6.45) is 4.13. The molecule has 0 saturated carbocycles. The Morgan fingerprint density at radius 2 is 2.08 bits per heavy atom. The molecule has 0 fully saturated rings. The van der Waals surface area contributed by atoms with E-state index in [1.807, 2.05) is 6.08 Å². The van der Waals surface area contributed by atoms with Crippen molar-refractivity contribution in [1.82, 2.24) is 0 Å². The largest absolute Gasteiger partial charge is 0.511 e. The van der Waals surface area contributed by atoms with Crippen molar-refractivity contribution >= 4 is 45.2 Å². The standard InChI is InChI=1S/C10H14I2O/c1-6(2)10(12)5-8(11)7(3)4-9(10)13/h4-7,13H,1-3H3. The minimum Gasteiger partial charge on any atom is -0.511 e. The van der Waals surface area contributed by atoms with Crippen LogP contribution in [0.4, 0.5) is 0 Å². The van der Waals surface area contributed by atoms with Crippen LogP contribution in [0, 0.1) is 11.8 Å². The monoisotopic (exact) mass is 404 g/mol. The minimum absolute atomic E-state index is 0.194. The smallest absolute Gasteiger partial charge is 0.109 e. The molecule has 1 N–H and O–H groups in total. The van der Waals surface area contributed by atoms with E-state index in [-0.39, 0.29) is 3.42 Å². The van der Waals surface area contributed by atoms with Gasteiger partial charge in [-0.2, -0.15) is 0 Å². The van der Waals surface area contributed by atoms with E-state index in [1.165, 1.54) is 3.58 Å². The Hall–Kier alpha value is 0.740. The molecule has 0 saturated heterocycles. The summed E-state index contributed by atoms with van der Waals surface area (Å²) in [5, 5.41) is 9.89. The Balaban J connectivity index is 3.07. The normalized spacial score (nSPS) is 34.5. The van der Waals surface area contributed by atoms with E-state index >= 15 is 0 Å². The highest BCUT2D eigenvalue weighted by Gasteiger charge is 2.36. The van der Waals surface area contributed by atoms with Gasteiger partial charge < -0.3 is 5.11 Å². The van der Waals surface area contributed by atoms with Gasteiger partial charge in [0.2, 0.25) is 0 Å². The van der Waals surface area contributed by atoms with Gasteiger partial charge in [0.05, 0.1) is 3.42 Å². The molecule has 3 heteroatoms. The van der Waals surface area contributed by atoms with E-state index in [9.17, 15) is 5.11 Å². The molecule has 1 nitrogen and oxygen atoms in total. The predicted molar refractivity (Wildman–Crippen MR) is 73.6 cm³/mol. The molecular weight excluding hydrogens is 390 g/mol. The zero-order valence-corrected chi connectivity index (χ0v) is 12.3. The van der Waals surface area contributed by atoms with Gasteiger partial charge in [-0.3, -0.25) is 0 Å². The van der Waals surface area contributed by atoms with Crippen LogP contribution in [-0.2, 0) is 0 Å². The van der Waals surface area contributed by atoms with Crippen LogP contribution in [-0.4, -0.2) is 8.53 Å². The Morgan fingerprint density at radius 1 is 1.54 bits per heavy atom. The fraction of sp³-hybridized carbons (Fsp3) is 0.600. The maximum absolute atomic E-state index is 9.89. The average molecular weight is 404 g/mol. The summed E-state index contributed by atoms with van der Waals surface area (Å²) in [6, 6.07) is 0. The van der Waals surface area contributed by atoms with Gasteiger partial charge in [0, 0.05) is 5.92 Å². The Kier molecular flexibility index (Phi) is 3.71. The lowest BCUT2D eigenvalue weighted by Gasteiger charge is -2.32. The second-order valence-electron chi connectivity index (χ2n) is 3.79. The molecule has 0 bridgehead atoms. The molecule has 0 radical (unpaired) electrons. The lowest BCUT2D eigenvalue weighted by atomic mass is 9.87. The second kappa shape index (κ2) is 4.08. The van der Waals surface area contributed by atoms with Crippen LogP contribution in [0.15, 0.2) is 21.5 Å². The molecule has 0 aromatic heterocycles. The van der Waals surface area contributed by atoms with Crippen molar-refractivity contribution in [1.29, 1.82) is 0 Å². The summed E-state index contributed by atoms with van der Waals surface area (Å²) in [4.78, 5) is 0. The highest BCUT2D eigenvalue weighted by molar-refractivity contribution is 14.1. The van der Waals surface area contributed by atoms with Gasteiger partial charge in [-0.15, -0.1) is 0 Å². The first-order valence-corrected chi connectivity index (χ1v) is 6.52. The Bertz CT molecular complexity index is 268.